The summed E-state index contributed by atoms with van der Waals surface area (Å²) in [5.41, 5.74) is -1.77. The van der Waals surface area contributed by atoms with Crippen LogP contribution in [0.1, 0.15) is 43.5 Å². The Labute approximate surface area is 208 Å². The van der Waals surface area contributed by atoms with Gasteiger partial charge >= 0.3 is 6.18 Å². The lowest BCUT2D eigenvalue weighted by Gasteiger charge is -2.33. The minimum Gasteiger partial charge on any atom is -0.384 e. The lowest BCUT2D eigenvalue weighted by molar-refractivity contribution is -0.137. The first-order chi connectivity index (χ1) is 16.8. The molecule has 0 amide bonds. The van der Waals surface area contributed by atoms with E-state index in [0.29, 0.717) is 0 Å². The largest absolute Gasteiger partial charge is 0.417 e. The molecule has 2 aromatic carbocycles. The molecule has 0 bridgehead atoms. The molecule has 1 N–H and O–H groups in total. The van der Waals surface area contributed by atoms with Gasteiger partial charge < -0.3 is 9.67 Å². The fourth-order valence-electron chi connectivity index (χ4n) is 4.31. The second-order valence-corrected chi connectivity index (χ2v) is 11.7. The highest BCUT2D eigenvalue weighted by molar-refractivity contribution is 7.92. The molecule has 3 aromatic rings. The van der Waals surface area contributed by atoms with Crippen molar-refractivity contribution in [1.82, 2.24) is 9.55 Å². The topological polar surface area (TPSA) is 72.2 Å². The van der Waals surface area contributed by atoms with Crippen molar-refractivity contribution in [2.45, 2.75) is 43.3 Å². The lowest BCUT2D eigenvalue weighted by atomic mass is 9.93. The van der Waals surface area contributed by atoms with Crippen LogP contribution in [0.5, 0.6) is 0 Å². The van der Waals surface area contributed by atoms with E-state index in [0.717, 1.165) is 11.6 Å². The molecule has 0 saturated carbocycles. The Morgan fingerprint density at radius 2 is 1.58 bits per heavy atom. The van der Waals surface area contributed by atoms with Crippen LogP contribution in [0, 0.1) is 0 Å². The Morgan fingerprint density at radius 3 is 2.14 bits per heavy atom. The lowest BCUT2D eigenvalue weighted by Crippen LogP contribution is -2.41. The highest BCUT2D eigenvalue weighted by Gasteiger charge is 2.45. The van der Waals surface area contributed by atoms with Gasteiger partial charge in [-0.3, -0.25) is 0 Å². The number of imidazole rings is 1. The number of halogens is 3. The van der Waals surface area contributed by atoms with Crippen LogP contribution < -0.4 is 0 Å². The van der Waals surface area contributed by atoms with Crippen LogP contribution in [0.15, 0.2) is 85.1 Å². The van der Waals surface area contributed by atoms with Crippen molar-refractivity contribution < 1.29 is 26.7 Å². The van der Waals surface area contributed by atoms with Crippen molar-refractivity contribution in [2.24, 2.45) is 0 Å². The van der Waals surface area contributed by atoms with Gasteiger partial charge in [0.15, 0.2) is 14.7 Å². The van der Waals surface area contributed by atoms with Crippen LogP contribution in [-0.4, -0.2) is 28.8 Å². The van der Waals surface area contributed by atoms with Gasteiger partial charge in [0.1, 0.15) is 11.4 Å². The Kier molecular flexibility index (Phi) is 6.51. The minimum atomic E-state index is -4.70. The number of alkyl halides is 3. The molecule has 1 aromatic heterocycles. The summed E-state index contributed by atoms with van der Waals surface area (Å²) in [5, 5.41) is 10.7. The summed E-state index contributed by atoms with van der Waals surface area (Å²) in [4.78, 5) is 2.52. The SMILES string of the molecule is CCS(=O)(=O)C1(n2cc(C(C)(C)O)nc2-c2ccccc2C(F)(F)F)C=CC(c2ccccc2)C=C1. The molecule has 1 aliphatic rings. The van der Waals surface area contributed by atoms with Crippen molar-refractivity contribution in [2.75, 3.05) is 5.75 Å². The third-order valence-electron chi connectivity index (χ3n) is 6.33. The maximum absolute atomic E-state index is 14.0. The van der Waals surface area contributed by atoms with E-state index in [-0.39, 0.29) is 28.8 Å². The molecule has 0 atom stereocenters. The molecule has 0 radical (unpaired) electrons. The first-order valence-corrected chi connectivity index (χ1v) is 13.1. The van der Waals surface area contributed by atoms with Crippen molar-refractivity contribution in [3.63, 3.8) is 0 Å². The predicted molar refractivity (Wildman–Crippen MR) is 133 cm³/mol. The van der Waals surface area contributed by atoms with E-state index in [9.17, 15) is 26.7 Å². The van der Waals surface area contributed by atoms with Crippen molar-refractivity contribution in [3.8, 4) is 11.4 Å². The van der Waals surface area contributed by atoms with Gasteiger partial charge in [-0.05, 0) is 37.6 Å². The number of benzene rings is 2. The molecule has 0 spiro atoms. The molecule has 36 heavy (non-hydrogen) atoms. The zero-order chi connectivity index (χ0) is 26.4. The second-order valence-electron chi connectivity index (χ2n) is 9.23. The fourth-order valence-corrected chi connectivity index (χ4v) is 5.78. The Balaban J connectivity index is 2.00. The number of sulfone groups is 1. The third kappa shape index (κ3) is 4.53. The fraction of sp³-hybridized carbons (Fsp3) is 0.296. The number of nitrogens with zero attached hydrogens (tertiary/aromatic N) is 2. The molecule has 0 unspecified atom stereocenters. The first-order valence-electron chi connectivity index (χ1n) is 11.5. The standard InChI is InChI=1S/C27H27F3N2O3S/c1-4-36(34,35)26(16-14-20(15-17-26)19-10-6-5-7-11-19)32-18-23(25(2,3)33)31-24(32)21-12-8-9-13-22(21)27(28,29)30/h5-18,20,33H,4H2,1-3H3. The molecule has 0 saturated heterocycles. The minimum absolute atomic E-state index is 0.0483. The number of aliphatic hydroxyl groups is 1. The first kappa shape index (κ1) is 25.9. The van der Waals surface area contributed by atoms with E-state index in [1.165, 1.54) is 61.9 Å². The summed E-state index contributed by atoms with van der Waals surface area (Å²) >= 11 is 0. The smallest absolute Gasteiger partial charge is 0.384 e. The van der Waals surface area contributed by atoms with Gasteiger partial charge in [-0.1, -0.05) is 67.6 Å². The third-order valence-corrected chi connectivity index (χ3v) is 8.56. The van der Waals surface area contributed by atoms with Gasteiger partial charge in [0.05, 0.1) is 17.0 Å². The summed E-state index contributed by atoms with van der Waals surface area (Å²) in [7, 11) is -3.97. The van der Waals surface area contributed by atoms with Crippen molar-refractivity contribution in [1.29, 1.82) is 0 Å². The number of hydrogen-bond acceptors (Lipinski definition) is 4. The highest BCUT2D eigenvalue weighted by atomic mass is 32.2. The van der Waals surface area contributed by atoms with E-state index in [1.807, 2.05) is 30.3 Å². The molecule has 9 heteroatoms. The van der Waals surface area contributed by atoms with Crippen LogP contribution >= 0.6 is 0 Å². The molecule has 5 nitrogen and oxygen atoms in total. The van der Waals surface area contributed by atoms with Crippen LogP contribution in [0.3, 0.4) is 0 Å². The van der Waals surface area contributed by atoms with Crippen LogP contribution in [-0.2, 0) is 26.5 Å². The molecule has 0 fully saturated rings. The summed E-state index contributed by atoms with van der Waals surface area (Å²) in [6.45, 7) is 4.37. The Morgan fingerprint density at radius 1 is 1.00 bits per heavy atom. The van der Waals surface area contributed by atoms with Crippen molar-refractivity contribution in [3.05, 3.63) is 102 Å². The van der Waals surface area contributed by atoms with Crippen LogP contribution in [0.2, 0.25) is 0 Å². The number of allylic oxidation sites excluding steroid dienone is 2. The summed E-state index contributed by atoms with van der Waals surface area (Å²) in [5.74, 6) is -0.687. The molecule has 1 heterocycles. The van der Waals surface area contributed by atoms with Gasteiger partial charge in [0, 0.05) is 17.7 Å². The van der Waals surface area contributed by atoms with E-state index in [1.54, 1.807) is 12.2 Å². The van der Waals surface area contributed by atoms with Gasteiger partial charge in [0.2, 0.25) is 0 Å². The second kappa shape index (κ2) is 9.05. The number of hydrogen-bond donors (Lipinski definition) is 1. The van der Waals surface area contributed by atoms with Gasteiger partial charge in [-0.15, -0.1) is 0 Å². The average molecular weight is 517 g/mol. The highest BCUT2D eigenvalue weighted by Crippen LogP contribution is 2.43. The maximum atomic E-state index is 14.0. The summed E-state index contributed by atoms with van der Waals surface area (Å²) < 4.78 is 70.3. The quantitative estimate of drug-likeness (QED) is 0.421. The molecule has 190 valence electrons. The zero-order valence-electron chi connectivity index (χ0n) is 20.1. The zero-order valence-corrected chi connectivity index (χ0v) is 20.9. The molecular weight excluding hydrogens is 489 g/mol. The molecule has 1 aliphatic carbocycles. The van der Waals surface area contributed by atoms with Crippen molar-refractivity contribution >= 4 is 9.84 Å². The Bertz CT molecular complexity index is 1400. The monoisotopic (exact) mass is 516 g/mol. The predicted octanol–water partition coefficient (Wildman–Crippen LogP) is 5.79. The summed E-state index contributed by atoms with van der Waals surface area (Å²) in [6.07, 6.45) is 3.08. The average Bonchev–Trinajstić information content (AvgIpc) is 3.30. The van der Waals surface area contributed by atoms with Gasteiger partial charge in [0.25, 0.3) is 0 Å². The molecular formula is C27H27F3N2O3S. The van der Waals surface area contributed by atoms with Crippen LogP contribution in [0.4, 0.5) is 13.2 Å². The number of rotatable bonds is 6. The molecule has 4 rings (SSSR count). The normalized spacial score (nSPS) is 20.6. The van der Waals surface area contributed by atoms with E-state index in [4.69, 9.17) is 0 Å². The van der Waals surface area contributed by atoms with E-state index < -0.39 is 32.0 Å². The summed E-state index contributed by atoms with van der Waals surface area (Å²) in [6, 6.07) is 14.3. The van der Waals surface area contributed by atoms with E-state index in [2.05, 4.69) is 4.98 Å². The number of aromatic nitrogens is 2. The van der Waals surface area contributed by atoms with E-state index >= 15 is 0 Å². The maximum Gasteiger partial charge on any atom is 0.417 e. The van der Waals surface area contributed by atoms with Crippen LogP contribution in [0.25, 0.3) is 11.4 Å². The Hall–Kier alpha value is -3.17. The molecule has 0 aliphatic heterocycles. The van der Waals surface area contributed by atoms with Gasteiger partial charge in [-0.25, -0.2) is 13.4 Å². The van der Waals surface area contributed by atoms with Gasteiger partial charge in [-0.2, -0.15) is 13.2 Å².